The fourth-order valence-corrected chi connectivity index (χ4v) is 3.15. The molecular weight excluding hydrogens is 372 g/mol. The SMILES string of the molecule is C=C/C=C\c1cc(-c2[nH]nc3ncc(-c4cncc(N(C)C)c4)cc23)[nH]c1C.CC. The number of hydrogen-bond acceptors (Lipinski definition) is 4. The van der Waals surface area contributed by atoms with Gasteiger partial charge in [0.25, 0.3) is 0 Å². The standard InChI is InChI=1S/C22H22N6.C2H6/c1-5-6-7-15-10-20(25-14(15)2)21-19-9-17(12-24-22(19)27-26-21)16-8-18(28(3)4)13-23-11-16;1-2/h5-13,25H,1H2,2-4H3,(H,24,26,27);1-2H3/b7-6-;. The van der Waals surface area contributed by atoms with Crippen molar-refractivity contribution in [3.05, 3.63) is 66.8 Å². The van der Waals surface area contributed by atoms with Gasteiger partial charge in [0.05, 0.1) is 23.3 Å². The van der Waals surface area contributed by atoms with Gasteiger partial charge in [-0.3, -0.25) is 10.1 Å². The number of rotatable bonds is 5. The Bertz CT molecular complexity index is 1180. The Labute approximate surface area is 177 Å². The molecule has 154 valence electrons. The Morgan fingerprint density at radius 1 is 1.03 bits per heavy atom. The lowest BCUT2D eigenvalue weighted by atomic mass is 10.1. The molecule has 0 atom stereocenters. The van der Waals surface area contributed by atoms with Crippen molar-refractivity contribution < 1.29 is 0 Å². The molecule has 6 nitrogen and oxygen atoms in total. The van der Waals surface area contributed by atoms with Gasteiger partial charge < -0.3 is 9.88 Å². The van der Waals surface area contributed by atoms with E-state index >= 15 is 0 Å². The first-order valence-corrected chi connectivity index (χ1v) is 10.0. The Balaban J connectivity index is 0.00000124. The fourth-order valence-electron chi connectivity index (χ4n) is 3.15. The van der Waals surface area contributed by atoms with Crippen molar-refractivity contribution in [3.8, 4) is 22.5 Å². The number of allylic oxidation sites excluding steroid dienone is 2. The number of aromatic nitrogens is 5. The monoisotopic (exact) mass is 400 g/mol. The molecule has 0 unspecified atom stereocenters. The van der Waals surface area contributed by atoms with Crippen LogP contribution < -0.4 is 4.90 Å². The third-order valence-electron chi connectivity index (χ3n) is 4.72. The first-order valence-electron chi connectivity index (χ1n) is 10.0. The summed E-state index contributed by atoms with van der Waals surface area (Å²) in [4.78, 5) is 14.4. The molecule has 30 heavy (non-hydrogen) atoms. The van der Waals surface area contributed by atoms with E-state index in [1.54, 1.807) is 6.08 Å². The van der Waals surface area contributed by atoms with Crippen molar-refractivity contribution in [2.24, 2.45) is 0 Å². The molecule has 0 bridgehead atoms. The van der Waals surface area contributed by atoms with Crippen LogP contribution in [0.15, 0.2) is 55.5 Å². The molecule has 0 aromatic carbocycles. The summed E-state index contributed by atoms with van der Waals surface area (Å²) in [5.41, 5.74) is 7.85. The smallest absolute Gasteiger partial charge is 0.181 e. The molecular formula is C24H28N6. The zero-order valence-corrected chi connectivity index (χ0v) is 18.2. The summed E-state index contributed by atoms with van der Waals surface area (Å²) in [6, 6.07) is 6.31. The maximum absolute atomic E-state index is 4.53. The number of pyridine rings is 2. The van der Waals surface area contributed by atoms with Crippen LogP contribution in [-0.2, 0) is 0 Å². The number of hydrogen-bond donors (Lipinski definition) is 2. The second-order valence-corrected chi connectivity index (χ2v) is 6.88. The molecule has 4 aromatic rings. The lowest BCUT2D eigenvalue weighted by Crippen LogP contribution is -2.08. The van der Waals surface area contributed by atoms with Crippen LogP contribution in [0, 0.1) is 6.92 Å². The van der Waals surface area contributed by atoms with Crippen LogP contribution in [0.5, 0.6) is 0 Å². The van der Waals surface area contributed by atoms with Gasteiger partial charge in [-0.15, -0.1) is 0 Å². The van der Waals surface area contributed by atoms with Crippen molar-refractivity contribution in [2.45, 2.75) is 20.8 Å². The average molecular weight is 401 g/mol. The molecule has 0 saturated heterocycles. The van der Waals surface area contributed by atoms with E-state index in [0.29, 0.717) is 5.65 Å². The minimum absolute atomic E-state index is 0.686. The minimum Gasteiger partial charge on any atom is -0.376 e. The van der Waals surface area contributed by atoms with Gasteiger partial charge in [-0.1, -0.05) is 38.7 Å². The summed E-state index contributed by atoms with van der Waals surface area (Å²) in [6.07, 6.45) is 11.3. The molecule has 0 saturated carbocycles. The van der Waals surface area contributed by atoms with Crippen molar-refractivity contribution in [2.75, 3.05) is 19.0 Å². The van der Waals surface area contributed by atoms with Crippen molar-refractivity contribution in [1.82, 2.24) is 25.1 Å². The molecule has 6 heteroatoms. The molecule has 0 aliphatic carbocycles. The van der Waals surface area contributed by atoms with Gasteiger partial charge in [0, 0.05) is 48.7 Å². The molecule has 2 N–H and O–H groups in total. The normalized spacial score (nSPS) is 10.8. The van der Waals surface area contributed by atoms with Crippen LogP contribution in [0.25, 0.3) is 39.6 Å². The van der Waals surface area contributed by atoms with Crippen molar-refractivity contribution in [1.29, 1.82) is 0 Å². The van der Waals surface area contributed by atoms with Gasteiger partial charge >= 0.3 is 0 Å². The number of fused-ring (bicyclic) bond motifs is 1. The molecule has 4 aromatic heterocycles. The lowest BCUT2D eigenvalue weighted by molar-refractivity contribution is 1.09. The lowest BCUT2D eigenvalue weighted by Gasteiger charge is -2.12. The van der Waals surface area contributed by atoms with Gasteiger partial charge in [0.15, 0.2) is 5.65 Å². The van der Waals surface area contributed by atoms with E-state index in [-0.39, 0.29) is 0 Å². The molecule has 0 aliphatic heterocycles. The van der Waals surface area contributed by atoms with Crippen LogP contribution in [0.3, 0.4) is 0 Å². The zero-order valence-electron chi connectivity index (χ0n) is 18.2. The molecule has 0 amide bonds. The molecule has 4 heterocycles. The summed E-state index contributed by atoms with van der Waals surface area (Å²) in [7, 11) is 4.00. The second-order valence-electron chi connectivity index (χ2n) is 6.88. The van der Waals surface area contributed by atoms with Crippen molar-refractivity contribution >= 4 is 22.8 Å². The molecule has 4 rings (SSSR count). The topological polar surface area (TPSA) is 73.5 Å². The number of nitrogens with zero attached hydrogens (tertiary/aromatic N) is 4. The number of nitrogens with one attached hydrogen (secondary N) is 2. The van der Waals surface area contributed by atoms with E-state index in [9.17, 15) is 0 Å². The van der Waals surface area contributed by atoms with E-state index in [0.717, 1.165) is 44.8 Å². The van der Waals surface area contributed by atoms with Crippen LogP contribution >= 0.6 is 0 Å². The Morgan fingerprint density at radius 3 is 2.53 bits per heavy atom. The molecule has 0 aliphatic rings. The summed E-state index contributed by atoms with van der Waals surface area (Å²) in [6.45, 7) is 9.78. The Hall–Kier alpha value is -3.67. The van der Waals surface area contributed by atoms with Gasteiger partial charge in [0.2, 0.25) is 0 Å². The molecule has 0 radical (unpaired) electrons. The number of H-pyrrole nitrogens is 2. The fraction of sp³-hybridized carbons (Fsp3) is 0.208. The van der Waals surface area contributed by atoms with Crippen LogP contribution in [-0.4, -0.2) is 39.2 Å². The molecule has 0 fully saturated rings. The second kappa shape index (κ2) is 9.22. The van der Waals surface area contributed by atoms with E-state index in [1.807, 2.05) is 70.5 Å². The van der Waals surface area contributed by atoms with Crippen LogP contribution in [0.1, 0.15) is 25.1 Å². The third kappa shape index (κ3) is 4.17. The predicted octanol–water partition coefficient (Wildman–Crippen LogP) is 5.61. The van der Waals surface area contributed by atoms with E-state index in [4.69, 9.17) is 0 Å². The van der Waals surface area contributed by atoms with Gasteiger partial charge in [-0.2, -0.15) is 5.10 Å². The maximum atomic E-state index is 4.53. The summed E-state index contributed by atoms with van der Waals surface area (Å²) < 4.78 is 0. The zero-order chi connectivity index (χ0) is 21.7. The summed E-state index contributed by atoms with van der Waals surface area (Å²) in [5.74, 6) is 0. The average Bonchev–Trinajstić information content (AvgIpc) is 3.36. The summed E-state index contributed by atoms with van der Waals surface area (Å²) >= 11 is 0. The Kier molecular flexibility index (Phi) is 6.47. The molecule has 0 spiro atoms. The first-order chi connectivity index (χ1) is 14.6. The third-order valence-corrected chi connectivity index (χ3v) is 4.72. The van der Waals surface area contributed by atoms with E-state index < -0.39 is 0 Å². The predicted molar refractivity (Wildman–Crippen MR) is 127 cm³/mol. The first kappa shape index (κ1) is 21.0. The quantitative estimate of drug-likeness (QED) is 0.427. The van der Waals surface area contributed by atoms with Crippen LogP contribution in [0.4, 0.5) is 5.69 Å². The maximum Gasteiger partial charge on any atom is 0.181 e. The van der Waals surface area contributed by atoms with Crippen molar-refractivity contribution in [3.63, 3.8) is 0 Å². The van der Waals surface area contributed by atoms with Crippen LogP contribution in [0.2, 0.25) is 0 Å². The van der Waals surface area contributed by atoms with E-state index in [2.05, 4.69) is 49.9 Å². The van der Waals surface area contributed by atoms with Gasteiger partial charge in [-0.05, 0) is 30.7 Å². The highest BCUT2D eigenvalue weighted by Gasteiger charge is 2.13. The largest absolute Gasteiger partial charge is 0.376 e. The van der Waals surface area contributed by atoms with E-state index in [1.165, 1.54) is 0 Å². The highest BCUT2D eigenvalue weighted by Crippen LogP contribution is 2.30. The highest BCUT2D eigenvalue weighted by atomic mass is 15.2. The number of anilines is 1. The Morgan fingerprint density at radius 2 is 1.80 bits per heavy atom. The number of aryl methyl sites for hydroxylation is 1. The number of aromatic amines is 2. The minimum atomic E-state index is 0.686. The van der Waals surface area contributed by atoms with Gasteiger partial charge in [0.1, 0.15) is 0 Å². The van der Waals surface area contributed by atoms with Gasteiger partial charge in [-0.25, -0.2) is 4.98 Å². The summed E-state index contributed by atoms with van der Waals surface area (Å²) in [5, 5.41) is 8.45. The highest BCUT2D eigenvalue weighted by molar-refractivity contribution is 5.93.